The summed E-state index contributed by atoms with van der Waals surface area (Å²) < 4.78 is 29.3. The number of ether oxygens (including phenoxy) is 1. The molecule has 0 N–H and O–H groups in total. The van der Waals surface area contributed by atoms with Gasteiger partial charge >= 0.3 is 5.97 Å². The number of hydrogen-bond donors (Lipinski definition) is 0. The summed E-state index contributed by atoms with van der Waals surface area (Å²) in [4.78, 5) is 25.7. The zero-order chi connectivity index (χ0) is 14.9. The van der Waals surface area contributed by atoms with Gasteiger partial charge in [0.25, 0.3) is 0 Å². The van der Waals surface area contributed by atoms with E-state index in [1.165, 1.54) is 16.3 Å². The molecular formula is C12H20N2O5S. The molecule has 0 aromatic carbocycles. The SMILES string of the molecule is COC(=O)C1CCCN1C(=O)C1CCCN1S(C)(=O)=O. The largest absolute Gasteiger partial charge is 0.467 e. The minimum absolute atomic E-state index is 0.277. The van der Waals surface area contributed by atoms with Crippen LogP contribution in [0.3, 0.4) is 0 Å². The van der Waals surface area contributed by atoms with Crippen LogP contribution in [0.2, 0.25) is 0 Å². The van der Waals surface area contributed by atoms with Gasteiger partial charge in [0.05, 0.1) is 13.4 Å². The van der Waals surface area contributed by atoms with Crippen LogP contribution in [0.1, 0.15) is 25.7 Å². The molecule has 114 valence electrons. The van der Waals surface area contributed by atoms with Crippen LogP contribution in [0.5, 0.6) is 0 Å². The predicted octanol–water partition coefficient (Wildman–Crippen LogP) is -0.426. The molecule has 2 unspecified atom stereocenters. The van der Waals surface area contributed by atoms with Gasteiger partial charge in [0.1, 0.15) is 12.1 Å². The third-order valence-electron chi connectivity index (χ3n) is 3.92. The van der Waals surface area contributed by atoms with Crippen molar-refractivity contribution in [3.05, 3.63) is 0 Å². The molecule has 2 atom stereocenters. The molecule has 2 aliphatic heterocycles. The van der Waals surface area contributed by atoms with Crippen molar-refractivity contribution in [2.24, 2.45) is 0 Å². The Kier molecular flexibility index (Phi) is 4.33. The number of nitrogens with zero attached hydrogens (tertiary/aromatic N) is 2. The van der Waals surface area contributed by atoms with Crippen molar-refractivity contribution in [1.29, 1.82) is 0 Å². The van der Waals surface area contributed by atoms with Crippen LogP contribution in [0.25, 0.3) is 0 Å². The number of amides is 1. The summed E-state index contributed by atoms with van der Waals surface area (Å²) in [6.45, 7) is 0.846. The van der Waals surface area contributed by atoms with Crippen LogP contribution in [0.15, 0.2) is 0 Å². The van der Waals surface area contributed by atoms with Crippen LogP contribution in [0, 0.1) is 0 Å². The molecule has 0 spiro atoms. The van der Waals surface area contributed by atoms with Gasteiger partial charge in [0.15, 0.2) is 0 Å². The van der Waals surface area contributed by atoms with Gasteiger partial charge in [-0.25, -0.2) is 13.2 Å². The molecule has 0 saturated carbocycles. The summed E-state index contributed by atoms with van der Waals surface area (Å²) in [5, 5.41) is 0. The number of hydrogen-bond acceptors (Lipinski definition) is 5. The standard InChI is InChI=1S/C12H20N2O5S/c1-19-12(16)10-6-3-7-13(10)11(15)9-5-4-8-14(9)20(2,17)18/h9-10H,3-8H2,1-2H3. The van der Waals surface area contributed by atoms with E-state index >= 15 is 0 Å². The van der Waals surface area contributed by atoms with Crippen molar-refractivity contribution in [1.82, 2.24) is 9.21 Å². The Hall–Kier alpha value is -1.15. The second kappa shape index (κ2) is 5.69. The summed E-state index contributed by atoms with van der Waals surface area (Å²) >= 11 is 0. The average Bonchev–Trinajstić information content (AvgIpc) is 3.04. The Morgan fingerprint density at radius 3 is 2.30 bits per heavy atom. The van der Waals surface area contributed by atoms with Gasteiger partial charge in [0, 0.05) is 13.1 Å². The molecule has 0 bridgehead atoms. The fraction of sp³-hybridized carbons (Fsp3) is 0.833. The lowest BCUT2D eigenvalue weighted by atomic mass is 10.1. The Morgan fingerprint density at radius 1 is 1.10 bits per heavy atom. The summed E-state index contributed by atoms with van der Waals surface area (Å²) in [7, 11) is -2.11. The minimum Gasteiger partial charge on any atom is -0.467 e. The summed E-state index contributed by atoms with van der Waals surface area (Å²) in [5.74, 6) is -0.708. The molecule has 0 aromatic rings. The Bertz CT molecular complexity index is 504. The second-order valence-corrected chi connectivity index (χ2v) is 7.18. The first-order valence-electron chi connectivity index (χ1n) is 6.71. The molecule has 0 aromatic heterocycles. The summed E-state index contributed by atoms with van der Waals surface area (Å²) in [6.07, 6.45) is 3.60. The lowest BCUT2D eigenvalue weighted by Crippen LogP contribution is -2.50. The van der Waals surface area contributed by atoms with Gasteiger partial charge in [-0.15, -0.1) is 0 Å². The van der Waals surface area contributed by atoms with Gasteiger partial charge < -0.3 is 9.64 Å². The van der Waals surface area contributed by atoms with Gasteiger partial charge in [-0.2, -0.15) is 4.31 Å². The number of sulfonamides is 1. The van der Waals surface area contributed by atoms with Crippen molar-refractivity contribution in [2.45, 2.75) is 37.8 Å². The van der Waals surface area contributed by atoms with Crippen LogP contribution < -0.4 is 0 Å². The highest BCUT2D eigenvalue weighted by atomic mass is 32.2. The van der Waals surface area contributed by atoms with Gasteiger partial charge in [-0.05, 0) is 25.7 Å². The normalized spacial score (nSPS) is 27.8. The van der Waals surface area contributed by atoms with E-state index in [9.17, 15) is 18.0 Å². The Balaban J connectivity index is 2.16. The quantitative estimate of drug-likeness (QED) is 0.661. The number of likely N-dealkylation sites (tertiary alicyclic amines) is 1. The predicted molar refractivity (Wildman–Crippen MR) is 71.3 cm³/mol. The lowest BCUT2D eigenvalue weighted by Gasteiger charge is -2.29. The van der Waals surface area contributed by atoms with E-state index in [1.54, 1.807) is 0 Å². The monoisotopic (exact) mass is 304 g/mol. The van der Waals surface area contributed by atoms with Gasteiger partial charge in [-0.1, -0.05) is 0 Å². The maximum atomic E-state index is 12.5. The van der Waals surface area contributed by atoms with Crippen molar-refractivity contribution in [3.8, 4) is 0 Å². The first kappa shape index (κ1) is 15.2. The van der Waals surface area contributed by atoms with Crippen molar-refractivity contribution in [2.75, 3.05) is 26.5 Å². The zero-order valence-electron chi connectivity index (χ0n) is 11.7. The Labute approximate surface area is 118 Å². The molecule has 2 heterocycles. The molecule has 0 radical (unpaired) electrons. The molecule has 0 aliphatic carbocycles. The number of rotatable bonds is 3. The maximum Gasteiger partial charge on any atom is 0.328 e. The van der Waals surface area contributed by atoms with Crippen LogP contribution in [-0.4, -0.2) is 68.0 Å². The molecule has 7 nitrogen and oxygen atoms in total. The molecule has 1 amide bonds. The first-order valence-corrected chi connectivity index (χ1v) is 8.56. The van der Waals surface area contributed by atoms with E-state index in [0.29, 0.717) is 32.4 Å². The Morgan fingerprint density at radius 2 is 1.70 bits per heavy atom. The first-order chi connectivity index (χ1) is 9.36. The number of carbonyl (C=O) groups excluding carboxylic acids is 2. The van der Waals surface area contributed by atoms with Crippen molar-refractivity contribution in [3.63, 3.8) is 0 Å². The molecule has 2 rings (SSSR count). The topological polar surface area (TPSA) is 84.0 Å². The molecule has 2 saturated heterocycles. The van der Waals surface area contributed by atoms with Gasteiger partial charge in [0.2, 0.25) is 15.9 Å². The van der Waals surface area contributed by atoms with Crippen molar-refractivity contribution < 1.29 is 22.7 Å². The van der Waals surface area contributed by atoms with E-state index in [1.807, 2.05) is 0 Å². The fourth-order valence-electron chi connectivity index (χ4n) is 2.99. The molecule has 8 heteroatoms. The molecule has 20 heavy (non-hydrogen) atoms. The van der Waals surface area contributed by atoms with E-state index in [4.69, 9.17) is 4.74 Å². The third kappa shape index (κ3) is 2.80. The highest BCUT2D eigenvalue weighted by molar-refractivity contribution is 7.88. The second-order valence-electron chi connectivity index (χ2n) is 5.24. The fourth-order valence-corrected chi connectivity index (χ4v) is 4.11. The van der Waals surface area contributed by atoms with Crippen LogP contribution in [-0.2, 0) is 24.3 Å². The van der Waals surface area contributed by atoms with E-state index in [0.717, 1.165) is 12.7 Å². The van der Waals surface area contributed by atoms with Gasteiger partial charge in [-0.3, -0.25) is 4.79 Å². The molecular weight excluding hydrogens is 284 g/mol. The van der Waals surface area contributed by atoms with E-state index < -0.39 is 28.1 Å². The third-order valence-corrected chi connectivity index (χ3v) is 5.21. The van der Waals surface area contributed by atoms with E-state index in [2.05, 4.69) is 0 Å². The van der Waals surface area contributed by atoms with Crippen molar-refractivity contribution >= 4 is 21.9 Å². The summed E-state index contributed by atoms with van der Waals surface area (Å²) in [6, 6.07) is -1.25. The van der Waals surface area contributed by atoms with Crippen LogP contribution >= 0.6 is 0 Å². The smallest absolute Gasteiger partial charge is 0.328 e. The lowest BCUT2D eigenvalue weighted by molar-refractivity contribution is -0.152. The van der Waals surface area contributed by atoms with E-state index in [-0.39, 0.29) is 5.91 Å². The molecule has 2 aliphatic rings. The number of carbonyl (C=O) groups is 2. The number of esters is 1. The maximum absolute atomic E-state index is 12.5. The summed E-state index contributed by atoms with van der Waals surface area (Å²) in [5.41, 5.74) is 0. The minimum atomic E-state index is -3.40. The zero-order valence-corrected chi connectivity index (χ0v) is 12.6. The highest BCUT2D eigenvalue weighted by Crippen LogP contribution is 2.26. The molecule has 2 fully saturated rings. The average molecular weight is 304 g/mol. The number of methoxy groups -OCH3 is 1. The highest BCUT2D eigenvalue weighted by Gasteiger charge is 2.43. The van der Waals surface area contributed by atoms with Crippen LogP contribution in [0.4, 0.5) is 0 Å².